The molecule has 0 heterocycles. The van der Waals surface area contributed by atoms with Crippen LogP contribution in [0.5, 0.6) is 0 Å². The normalized spacial score (nSPS) is 6.56. The maximum absolute atomic E-state index is 8.55. The van der Waals surface area contributed by atoms with Crippen molar-refractivity contribution in [1.82, 2.24) is 0 Å². The van der Waals surface area contributed by atoms with Crippen LogP contribution >= 0.6 is 7.82 Å². The van der Waals surface area contributed by atoms with Crippen molar-refractivity contribution in [2.24, 2.45) is 0 Å². The molecule has 0 amide bonds. The van der Waals surface area contributed by atoms with E-state index in [0.717, 1.165) is 0 Å². The quantitative estimate of drug-likeness (QED) is 0.355. The van der Waals surface area contributed by atoms with Gasteiger partial charge in [0.05, 0.1) is 0 Å². The van der Waals surface area contributed by atoms with Gasteiger partial charge in [-0.1, -0.05) is 0 Å². The molecule has 2 radical (unpaired) electrons. The van der Waals surface area contributed by atoms with Gasteiger partial charge in [0.1, 0.15) is 0 Å². The predicted octanol–water partition coefficient (Wildman–Crippen LogP) is -2.83. The van der Waals surface area contributed by atoms with E-state index >= 15 is 0 Å². The summed E-state index contributed by atoms with van der Waals surface area (Å²) in [5.74, 6) is 0. The maximum Gasteiger partial charge on any atom is 2.00 e. The molecule has 58 valence electrons. The Hall–Kier alpha value is 2.15. The van der Waals surface area contributed by atoms with E-state index in [1.54, 1.807) is 0 Å². The summed E-state index contributed by atoms with van der Waals surface area (Å²) in [6.07, 6.45) is 0. The third-order valence-corrected chi connectivity index (χ3v) is 0. The Labute approximate surface area is 93.9 Å². The molecule has 0 saturated heterocycles. The van der Waals surface area contributed by atoms with E-state index in [1.807, 2.05) is 0 Å². The van der Waals surface area contributed by atoms with Crippen LogP contribution in [0.25, 0.3) is 0 Å². The van der Waals surface area contributed by atoms with E-state index in [4.69, 9.17) is 19.2 Å². The molecule has 0 unspecified atom stereocenters. The third-order valence-electron chi connectivity index (χ3n) is 0. The Morgan fingerprint density at radius 2 is 1.11 bits per heavy atom. The molecule has 0 aromatic carbocycles. The fourth-order valence-corrected chi connectivity index (χ4v) is 0. The molecule has 0 aliphatic carbocycles. The van der Waals surface area contributed by atoms with E-state index in [-0.39, 0.29) is 67.4 Å². The molecule has 0 fully saturated rings. The van der Waals surface area contributed by atoms with Crippen LogP contribution in [0, 0.1) is 0 Å². The van der Waals surface area contributed by atoms with E-state index in [2.05, 4.69) is 0 Å². The summed E-state index contributed by atoms with van der Waals surface area (Å²) in [5, 5.41) is 0. The van der Waals surface area contributed by atoms with Crippen molar-refractivity contribution in [2.75, 3.05) is 0 Å². The molecular weight excluding hydrogens is 323 g/mol. The summed E-state index contributed by atoms with van der Waals surface area (Å²) in [7, 11) is -5.39. The van der Waals surface area contributed by atoms with Gasteiger partial charge in [-0.25, -0.2) is 0 Å². The van der Waals surface area contributed by atoms with Gasteiger partial charge in [-0.3, -0.25) is 0 Å². The molecule has 0 bridgehead atoms. The van der Waals surface area contributed by atoms with Gasteiger partial charge in [-0.2, -0.15) is 7.82 Å². The Balaban J connectivity index is -0.0000000133. The van der Waals surface area contributed by atoms with Crippen LogP contribution < -0.4 is 14.7 Å². The Morgan fingerprint density at radius 3 is 1.11 bits per heavy atom. The minimum Gasteiger partial charge on any atom is -0.822 e. The zero-order valence-corrected chi connectivity index (χ0v) is 8.67. The zero-order valence-electron chi connectivity index (χ0n) is 3.46. The molecule has 9 heteroatoms. The van der Waals surface area contributed by atoms with Gasteiger partial charge in [0.25, 0.3) is 0 Å². The van der Waals surface area contributed by atoms with Crippen molar-refractivity contribution in [3.05, 3.63) is 0 Å². The van der Waals surface area contributed by atoms with E-state index < -0.39 is 7.82 Å². The molecule has 9 heavy (non-hydrogen) atoms. The second-order valence-electron chi connectivity index (χ2n) is 0.447. The second kappa shape index (κ2) is 12.8. The van der Waals surface area contributed by atoms with Crippen LogP contribution in [0.4, 0.5) is 0 Å². The van der Waals surface area contributed by atoms with Crippen LogP contribution in [-0.4, -0.2) is 0 Å². The van der Waals surface area contributed by atoms with Gasteiger partial charge in [-0.05, 0) is 0 Å². The van der Waals surface area contributed by atoms with Crippen LogP contribution in [-0.2, 0) is 72.0 Å². The summed E-state index contributed by atoms with van der Waals surface area (Å²) >= 11 is 0. The monoisotopic (exact) mass is 323 g/mol. The summed E-state index contributed by atoms with van der Waals surface area (Å²) in [6.45, 7) is 0. The number of rotatable bonds is 0. The first kappa shape index (κ1) is 30.4. The zero-order chi connectivity index (χ0) is 4.50. The van der Waals surface area contributed by atoms with Crippen LogP contribution in [0.1, 0.15) is 0 Å². The molecule has 0 N–H and O–H groups in total. The number of phosphoric acid groups is 1. The molecule has 0 saturated carbocycles. The van der Waals surface area contributed by atoms with Crippen molar-refractivity contribution in [2.45, 2.75) is 0 Å². The molecule has 0 aliphatic rings. The van der Waals surface area contributed by atoms with Gasteiger partial charge >= 0.3 is 67.4 Å². The predicted molar refractivity (Wildman–Crippen MR) is 7.61 cm³/mol. The van der Waals surface area contributed by atoms with Gasteiger partial charge in [0.15, 0.2) is 0 Å². The van der Waals surface area contributed by atoms with Crippen LogP contribution in [0.2, 0.25) is 0 Å². The summed E-state index contributed by atoms with van der Waals surface area (Å²) in [4.78, 5) is 25.6. The van der Waals surface area contributed by atoms with Gasteiger partial charge in [0, 0.05) is 0 Å². The Kier molecular flexibility index (Phi) is 43.2. The Morgan fingerprint density at radius 1 is 1.11 bits per heavy atom. The van der Waals surface area contributed by atoms with Crippen molar-refractivity contribution in [3.63, 3.8) is 0 Å². The van der Waals surface area contributed by atoms with Gasteiger partial charge < -0.3 is 19.2 Å². The minimum absolute atomic E-state index is 0. The average molecular weight is 323 g/mol. The molecule has 0 aliphatic heterocycles. The van der Waals surface area contributed by atoms with E-state index in [1.165, 1.54) is 0 Å². The van der Waals surface area contributed by atoms with Crippen LogP contribution in [0.15, 0.2) is 0 Å². The van der Waals surface area contributed by atoms with Crippen LogP contribution in [0.3, 0.4) is 0 Å². The first-order valence-corrected chi connectivity index (χ1v) is 2.19. The minimum atomic E-state index is -5.39. The van der Waals surface area contributed by atoms with Crippen molar-refractivity contribution in [3.8, 4) is 0 Å². The molecule has 0 atom stereocenters. The van der Waals surface area contributed by atoms with E-state index in [0.29, 0.717) is 0 Å². The molecular formula is CoFeMnNiO4P+5. The molecule has 0 spiro atoms. The summed E-state index contributed by atoms with van der Waals surface area (Å²) < 4.78 is 8.55. The van der Waals surface area contributed by atoms with Crippen molar-refractivity contribution < 1.29 is 86.7 Å². The standard InChI is InChI=1S/Co.Fe.Mn.Ni.H3O4P/c;;;;1-5(2,3)4/h;;;;(H3,1,2,3,4)/q4*+2;/p-3. The first-order valence-electron chi connectivity index (χ1n) is 0.730. The largest absolute Gasteiger partial charge is 2.00 e. The van der Waals surface area contributed by atoms with Gasteiger partial charge in [0.2, 0.25) is 0 Å². The molecule has 0 rings (SSSR count). The maximum atomic E-state index is 8.55. The topological polar surface area (TPSA) is 86.2 Å². The average Bonchev–Trinajstić information content (AvgIpc) is 0.722. The van der Waals surface area contributed by atoms with Crippen molar-refractivity contribution in [1.29, 1.82) is 0 Å². The second-order valence-corrected chi connectivity index (χ2v) is 1.34. The first-order chi connectivity index (χ1) is 2.00. The Bertz CT molecular complexity index is 66.7. The van der Waals surface area contributed by atoms with Gasteiger partial charge in [-0.15, -0.1) is 0 Å². The van der Waals surface area contributed by atoms with Crippen molar-refractivity contribution >= 4 is 7.82 Å². The third kappa shape index (κ3) is 146. The fourth-order valence-electron chi connectivity index (χ4n) is 0. The smallest absolute Gasteiger partial charge is 0.822 e. The number of hydrogen-bond acceptors (Lipinski definition) is 4. The summed E-state index contributed by atoms with van der Waals surface area (Å²) in [5.41, 5.74) is 0. The van der Waals surface area contributed by atoms with E-state index in [9.17, 15) is 0 Å². The fraction of sp³-hybridized carbons (Fsp3) is 0. The summed E-state index contributed by atoms with van der Waals surface area (Å²) in [6, 6.07) is 0. The molecule has 0 aromatic heterocycles. The number of hydrogen-bond donors (Lipinski definition) is 0. The SMILES string of the molecule is O=P([O-])([O-])[O-].[Co+2].[Fe+2].[Mn+2].[Ni+2]. The molecule has 0 aromatic rings. The molecule has 4 nitrogen and oxygen atoms in total.